The topological polar surface area (TPSA) is 72.9 Å². The van der Waals surface area contributed by atoms with Crippen LogP contribution in [0.1, 0.15) is 19.3 Å². The summed E-state index contributed by atoms with van der Waals surface area (Å²) in [5, 5.41) is 11.2. The minimum atomic E-state index is -0.997. The number of rotatable bonds is 3. The third-order valence-corrected chi connectivity index (χ3v) is 4.07. The number of carboxylic acid groups (broad SMARTS) is 1. The third-order valence-electron chi connectivity index (χ3n) is 4.07. The SMILES string of the molecule is CN1C2CCC1CN(C(=O)NC/C=C/C(=O)O)CC2. The lowest BCUT2D eigenvalue weighted by atomic mass is 10.1. The van der Waals surface area contributed by atoms with Gasteiger partial charge in [-0.2, -0.15) is 0 Å². The van der Waals surface area contributed by atoms with Crippen molar-refractivity contribution >= 4 is 12.0 Å². The Morgan fingerprint density at radius 1 is 1.32 bits per heavy atom. The van der Waals surface area contributed by atoms with Gasteiger partial charge in [-0.1, -0.05) is 6.08 Å². The summed E-state index contributed by atoms with van der Waals surface area (Å²) in [7, 11) is 2.14. The van der Waals surface area contributed by atoms with Crippen molar-refractivity contribution in [2.45, 2.75) is 31.3 Å². The molecule has 6 nitrogen and oxygen atoms in total. The Bertz CT molecular complexity index is 383. The molecule has 2 aliphatic heterocycles. The van der Waals surface area contributed by atoms with E-state index >= 15 is 0 Å². The predicted octanol–water partition coefficient (Wildman–Crippen LogP) is 0.505. The number of carbonyl (C=O) groups is 2. The number of hydrogen-bond acceptors (Lipinski definition) is 3. The summed E-state index contributed by atoms with van der Waals surface area (Å²) in [6.07, 6.45) is 5.89. The fraction of sp³-hybridized carbons (Fsp3) is 0.692. The van der Waals surface area contributed by atoms with Gasteiger partial charge in [0.05, 0.1) is 0 Å². The number of likely N-dealkylation sites (tertiary alicyclic amines) is 1. The van der Waals surface area contributed by atoms with Crippen LogP contribution in [0.4, 0.5) is 4.79 Å². The van der Waals surface area contributed by atoms with Crippen molar-refractivity contribution in [1.29, 1.82) is 0 Å². The van der Waals surface area contributed by atoms with Gasteiger partial charge in [0, 0.05) is 37.8 Å². The number of nitrogens with one attached hydrogen (secondary N) is 1. The summed E-state index contributed by atoms with van der Waals surface area (Å²) >= 11 is 0. The average molecular weight is 267 g/mol. The Hall–Kier alpha value is -1.56. The van der Waals surface area contributed by atoms with Crippen LogP contribution < -0.4 is 5.32 Å². The molecule has 2 aliphatic rings. The molecule has 0 aliphatic carbocycles. The van der Waals surface area contributed by atoms with Gasteiger partial charge in [0.2, 0.25) is 0 Å². The molecule has 0 saturated carbocycles. The molecular weight excluding hydrogens is 246 g/mol. The molecular formula is C13H21N3O3. The summed E-state index contributed by atoms with van der Waals surface area (Å²) in [6, 6.07) is 0.971. The molecule has 0 aromatic rings. The Morgan fingerprint density at radius 2 is 2.05 bits per heavy atom. The van der Waals surface area contributed by atoms with Gasteiger partial charge >= 0.3 is 12.0 Å². The van der Waals surface area contributed by atoms with Crippen molar-refractivity contribution in [2.24, 2.45) is 0 Å². The molecule has 0 aromatic heterocycles. The summed E-state index contributed by atoms with van der Waals surface area (Å²) in [6.45, 7) is 1.80. The lowest BCUT2D eigenvalue weighted by molar-refractivity contribution is -0.131. The molecule has 0 spiro atoms. The smallest absolute Gasteiger partial charge is 0.328 e. The maximum Gasteiger partial charge on any atom is 0.328 e. The molecule has 2 unspecified atom stereocenters. The number of carboxylic acids is 1. The van der Waals surface area contributed by atoms with Crippen LogP contribution in [0.15, 0.2) is 12.2 Å². The van der Waals surface area contributed by atoms with Crippen LogP contribution in [-0.2, 0) is 4.79 Å². The van der Waals surface area contributed by atoms with Crippen LogP contribution in [-0.4, -0.2) is 65.7 Å². The van der Waals surface area contributed by atoms with Crippen LogP contribution in [0, 0.1) is 0 Å². The monoisotopic (exact) mass is 267 g/mol. The molecule has 2 fully saturated rings. The average Bonchev–Trinajstić information content (AvgIpc) is 2.58. The summed E-state index contributed by atoms with van der Waals surface area (Å²) in [4.78, 5) is 26.5. The molecule has 6 heteroatoms. The summed E-state index contributed by atoms with van der Waals surface area (Å²) in [5.74, 6) is -0.997. The Morgan fingerprint density at radius 3 is 2.79 bits per heavy atom. The normalized spacial score (nSPS) is 27.5. The molecule has 2 N–H and O–H groups in total. The fourth-order valence-corrected chi connectivity index (χ4v) is 2.91. The second-order valence-corrected chi connectivity index (χ2v) is 5.21. The highest BCUT2D eigenvalue weighted by Gasteiger charge is 2.35. The van der Waals surface area contributed by atoms with Crippen LogP contribution in [0.2, 0.25) is 0 Å². The van der Waals surface area contributed by atoms with Crippen molar-refractivity contribution in [3.8, 4) is 0 Å². The van der Waals surface area contributed by atoms with Gasteiger partial charge in [0.15, 0.2) is 0 Å². The Labute approximate surface area is 113 Å². The predicted molar refractivity (Wildman–Crippen MR) is 70.9 cm³/mol. The quantitative estimate of drug-likeness (QED) is 0.731. The lowest BCUT2D eigenvalue weighted by Gasteiger charge is -2.25. The van der Waals surface area contributed by atoms with Gasteiger partial charge < -0.3 is 15.3 Å². The zero-order chi connectivity index (χ0) is 13.8. The van der Waals surface area contributed by atoms with Gasteiger partial charge in [-0.05, 0) is 26.3 Å². The minimum Gasteiger partial charge on any atom is -0.478 e. The lowest BCUT2D eigenvalue weighted by Crippen LogP contribution is -2.44. The Kier molecular flexibility index (Phi) is 4.42. The number of amides is 2. The number of carbonyl (C=O) groups excluding carboxylic acids is 1. The largest absolute Gasteiger partial charge is 0.478 e. The van der Waals surface area contributed by atoms with E-state index in [1.807, 2.05) is 4.90 Å². The first-order chi connectivity index (χ1) is 9.08. The van der Waals surface area contributed by atoms with Gasteiger partial charge in [-0.3, -0.25) is 4.90 Å². The van der Waals surface area contributed by atoms with Gasteiger partial charge in [-0.25, -0.2) is 9.59 Å². The van der Waals surface area contributed by atoms with E-state index in [4.69, 9.17) is 5.11 Å². The molecule has 2 heterocycles. The van der Waals surface area contributed by atoms with Gasteiger partial charge in [-0.15, -0.1) is 0 Å². The van der Waals surface area contributed by atoms with Crippen molar-refractivity contribution in [1.82, 2.24) is 15.1 Å². The maximum absolute atomic E-state index is 12.0. The number of hydrogen-bond donors (Lipinski definition) is 2. The number of likely N-dealkylation sites (N-methyl/N-ethyl adjacent to an activating group) is 1. The van der Waals surface area contributed by atoms with Crippen molar-refractivity contribution in [3.05, 3.63) is 12.2 Å². The van der Waals surface area contributed by atoms with E-state index in [9.17, 15) is 9.59 Å². The third kappa shape index (κ3) is 3.47. The molecule has 19 heavy (non-hydrogen) atoms. The van der Waals surface area contributed by atoms with E-state index in [1.54, 1.807) is 0 Å². The maximum atomic E-state index is 12.0. The van der Waals surface area contributed by atoms with Gasteiger partial charge in [0.1, 0.15) is 0 Å². The highest BCUT2D eigenvalue weighted by Crippen LogP contribution is 2.28. The summed E-state index contributed by atoms with van der Waals surface area (Å²) < 4.78 is 0. The van der Waals surface area contributed by atoms with Crippen LogP contribution in [0.25, 0.3) is 0 Å². The molecule has 2 atom stereocenters. The van der Waals surface area contributed by atoms with Crippen molar-refractivity contribution < 1.29 is 14.7 Å². The first kappa shape index (κ1) is 13.9. The summed E-state index contributed by atoms with van der Waals surface area (Å²) in [5.41, 5.74) is 0. The van der Waals surface area contributed by atoms with E-state index in [1.165, 1.54) is 12.5 Å². The minimum absolute atomic E-state index is 0.101. The Balaban J connectivity index is 1.81. The first-order valence-electron chi connectivity index (χ1n) is 6.72. The molecule has 0 aromatic carbocycles. The van der Waals surface area contributed by atoms with E-state index in [0.717, 1.165) is 32.0 Å². The first-order valence-corrected chi connectivity index (χ1v) is 6.72. The zero-order valence-electron chi connectivity index (χ0n) is 11.2. The second kappa shape index (κ2) is 6.06. The van der Waals surface area contributed by atoms with E-state index in [0.29, 0.717) is 12.1 Å². The second-order valence-electron chi connectivity index (χ2n) is 5.21. The molecule has 0 radical (unpaired) electrons. The highest BCUT2D eigenvalue weighted by molar-refractivity contribution is 5.80. The van der Waals surface area contributed by atoms with Crippen molar-refractivity contribution in [2.75, 3.05) is 26.7 Å². The number of fused-ring (bicyclic) bond motifs is 2. The van der Waals surface area contributed by atoms with E-state index in [-0.39, 0.29) is 12.6 Å². The molecule has 2 saturated heterocycles. The van der Waals surface area contributed by atoms with Crippen molar-refractivity contribution in [3.63, 3.8) is 0 Å². The standard InChI is InChI=1S/C13H21N3O3/c1-15-10-4-5-11(15)9-16(8-6-10)13(19)14-7-2-3-12(17)18/h2-3,10-11H,4-9H2,1H3,(H,14,19)(H,17,18)/b3-2+. The molecule has 2 rings (SSSR count). The fourth-order valence-electron chi connectivity index (χ4n) is 2.91. The molecule has 106 valence electrons. The number of urea groups is 1. The van der Waals surface area contributed by atoms with E-state index < -0.39 is 5.97 Å². The van der Waals surface area contributed by atoms with Crippen LogP contribution in [0.5, 0.6) is 0 Å². The molecule has 2 bridgehead atoms. The van der Waals surface area contributed by atoms with Crippen LogP contribution >= 0.6 is 0 Å². The van der Waals surface area contributed by atoms with E-state index in [2.05, 4.69) is 17.3 Å². The van der Waals surface area contributed by atoms with Crippen LogP contribution in [0.3, 0.4) is 0 Å². The molecule has 2 amide bonds. The van der Waals surface area contributed by atoms with Gasteiger partial charge in [0.25, 0.3) is 0 Å². The number of aliphatic carboxylic acids is 1. The highest BCUT2D eigenvalue weighted by atomic mass is 16.4. The number of nitrogens with zero attached hydrogens (tertiary/aromatic N) is 2. The zero-order valence-corrected chi connectivity index (χ0v) is 11.2.